The molecule has 1 aliphatic carbocycles. The molecular formula is C13H16N2O. The molecule has 0 spiro atoms. The molecule has 1 aromatic carbocycles. The van der Waals surface area contributed by atoms with Gasteiger partial charge in [0, 0.05) is 6.04 Å². The molecule has 0 aromatic heterocycles. The van der Waals surface area contributed by atoms with Gasteiger partial charge >= 0.3 is 0 Å². The molecule has 1 saturated heterocycles. The number of hydrogen-bond acceptors (Lipinski definition) is 2. The topological polar surface area (TPSA) is 32.3 Å². The zero-order valence-electron chi connectivity index (χ0n) is 9.39. The number of carbonyl (C=O) groups excluding carboxylic acids is 1. The van der Waals surface area contributed by atoms with E-state index in [1.807, 2.05) is 35.2 Å². The average molecular weight is 216 g/mol. The molecule has 16 heavy (non-hydrogen) atoms. The van der Waals surface area contributed by atoms with Gasteiger partial charge in [-0.1, -0.05) is 37.3 Å². The number of rotatable bonds is 2. The third-order valence-corrected chi connectivity index (χ3v) is 3.60. The Morgan fingerprint density at radius 1 is 1.31 bits per heavy atom. The molecular weight excluding hydrogens is 200 g/mol. The van der Waals surface area contributed by atoms with E-state index in [0.29, 0.717) is 18.6 Å². The highest BCUT2D eigenvalue weighted by Crippen LogP contribution is 2.37. The number of carbonyl (C=O) groups is 1. The molecule has 3 nitrogen and oxygen atoms in total. The maximum Gasteiger partial charge on any atom is 0.245 e. The Labute approximate surface area is 95.4 Å². The van der Waals surface area contributed by atoms with Crippen LogP contribution in [0.4, 0.5) is 0 Å². The highest BCUT2D eigenvalue weighted by molar-refractivity contribution is 5.85. The van der Waals surface area contributed by atoms with Gasteiger partial charge in [0.1, 0.15) is 6.04 Å². The van der Waals surface area contributed by atoms with Crippen LogP contribution in [-0.4, -0.2) is 23.5 Å². The van der Waals surface area contributed by atoms with E-state index in [4.69, 9.17) is 0 Å². The number of benzene rings is 1. The Bertz CT molecular complexity index is 404. The standard InChI is InChI=1S/C13H16N2O/c1-9-7-11(9)15-8-14-12(13(15)16)10-5-3-2-4-6-10/h2-6,9,11-12,14H,7-8H2,1H3. The lowest BCUT2D eigenvalue weighted by molar-refractivity contribution is -0.129. The van der Waals surface area contributed by atoms with Gasteiger partial charge in [-0.2, -0.15) is 0 Å². The van der Waals surface area contributed by atoms with Gasteiger partial charge in [-0.3, -0.25) is 10.1 Å². The van der Waals surface area contributed by atoms with Gasteiger partial charge < -0.3 is 4.90 Å². The lowest BCUT2D eigenvalue weighted by atomic mass is 10.1. The van der Waals surface area contributed by atoms with Crippen molar-refractivity contribution in [2.75, 3.05) is 6.67 Å². The van der Waals surface area contributed by atoms with Crippen molar-refractivity contribution in [2.24, 2.45) is 5.92 Å². The van der Waals surface area contributed by atoms with Crippen molar-refractivity contribution in [2.45, 2.75) is 25.4 Å². The first kappa shape index (κ1) is 9.85. The van der Waals surface area contributed by atoms with Crippen molar-refractivity contribution in [1.82, 2.24) is 10.2 Å². The van der Waals surface area contributed by atoms with Gasteiger partial charge in [-0.15, -0.1) is 0 Å². The van der Waals surface area contributed by atoms with Crippen molar-refractivity contribution in [3.8, 4) is 0 Å². The monoisotopic (exact) mass is 216 g/mol. The first-order valence-electron chi connectivity index (χ1n) is 5.86. The Hall–Kier alpha value is -1.35. The second-order valence-electron chi connectivity index (χ2n) is 4.79. The third kappa shape index (κ3) is 1.52. The minimum absolute atomic E-state index is 0.131. The maximum absolute atomic E-state index is 12.2. The quantitative estimate of drug-likeness (QED) is 0.813. The van der Waals surface area contributed by atoms with Gasteiger partial charge in [-0.05, 0) is 17.9 Å². The highest BCUT2D eigenvalue weighted by Gasteiger charge is 2.45. The molecule has 0 radical (unpaired) electrons. The Morgan fingerprint density at radius 2 is 2.00 bits per heavy atom. The molecule has 1 amide bonds. The van der Waals surface area contributed by atoms with Crippen LogP contribution < -0.4 is 5.32 Å². The predicted molar refractivity (Wildman–Crippen MR) is 61.6 cm³/mol. The van der Waals surface area contributed by atoms with Crippen molar-refractivity contribution < 1.29 is 4.79 Å². The van der Waals surface area contributed by atoms with Crippen molar-refractivity contribution >= 4 is 5.91 Å². The minimum Gasteiger partial charge on any atom is -0.325 e. The fraction of sp³-hybridized carbons (Fsp3) is 0.462. The summed E-state index contributed by atoms with van der Waals surface area (Å²) in [6, 6.07) is 10.3. The summed E-state index contributed by atoms with van der Waals surface area (Å²) in [6.07, 6.45) is 1.16. The van der Waals surface area contributed by atoms with Crippen LogP contribution in [0.15, 0.2) is 30.3 Å². The van der Waals surface area contributed by atoms with E-state index in [1.54, 1.807) is 0 Å². The zero-order valence-corrected chi connectivity index (χ0v) is 9.39. The summed E-state index contributed by atoms with van der Waals surface area (Å²) in [5.74, 6) is 0.917. The second-order valence-corrected chi connectivity index (χ2v) is 4.79. The summed E-state index contributed by atoms with van der Waals surface area (Å²) in [5, 5.41) is 3.29. The Kier molecular flexibility index (Phi) is 2.21. The lowest BCUT2D eigenvalue weighted by Gasteiger charge is -2.14. The first-order chi connectivity index (χ1) is 7.77. The molecule has 1 heterocycles. The third-order valence-electron chi connectivity index (χ3n) is 3.60. The van der Waals surface area contributed by atoms with E-state index in [1.165, 1.54) is 0 Å². The number of amides is 1. The summed E-state index contributed by atoms with van der Waals surface area (Å²) in [7, 11) is 0. The van der Waals surface area contributed by atoms with Crippen LogP contribution >= 0.6 is 0 Å². The fourth-order valence-electron chi connectivity index (χ4n) is 2.44. The molecule has 0 bridgehead atoms. The SMILES string of the molecule is CC1CC1N1CNC(c2ccccc2)C1=O. The summed E-state index contributed by atoms with van der Waals surface area (Å²) in [5.41, 5.74) is 1.07. The maximum atomic E-state index is 12.2. The zero-order chi connectivity index (χ0) is 11.1. The number of nitrogens with zero attached hydrogens (tertiary/aromatic N) is 1. The smallest absolute Gasteiger partial charge is 0.245 e. The van der Waals surface area contributed by atoms with Crippen LogP contribution in [0.5, 0.6) is 0 Å². The number of hydrogen-bond donors (Lipinski definition) is 1. The largest absolute Gasteiger partial charge is 0.325 e. The van der Waals surface area contributed by atoms with Gasteiger partial charge in [0.2, 0.25) is 5.91 Å². The molecule has 3 unspecified atom stereocenters. The fourth-order valence-corrected chi connectivity index (χ4v) is 2.44. The van der Waals surface area contributed by atoms with Crippen molar-refractivity contribution in [3.05, 3.63) is 35.9 Å². The Morgan fingerprint density at radius 3 is 2.62 bits per heavy atom. The summed E-state index contributed by atoms with van der Waals surface area (Å²) >= 11 is 0. The molecule has 84 valence electrons. The molecule has 2 fully saturated rings. The predicted octanol–water partition coefficient (Wildman–Crippen LogP) is 1.53. The van der Waals surface area contributed by atoms with Gasteiger partial charge in [0.05, 0.1) is 6.67 Å². The second kappa shape index (κ2) is 3.59. The summed E-state index contributed by atoms with van der Waals surface area (Å²) < 4.78 is 0. The first-order valence-corrected chi connectivity index (χ1v) is 5.86. The molecule has 1 saturated carbocycles. The molecule has 1 aliphatic heterocycles. The Balaban J connectivity index is 1.78. The van der Waals surface area contributed by atoms with Gasteiger partial charge in [-0.25, -0.2) is 0 Å². The molecule has 3 atom stereocenters. The van der Waals surface area contributed by atoms with E-state index >= 15 is 0 Å². The normalized spacial score (nSPS) is 33.2. The van der Waals surface area contributed by atoms with Crippen molar-refractivity contribution in [1.29, 1.82) is 0 Å². The van der Waals surface area contributed by atoms with E-state index in [2.05, 4.69) is 12.2 Å². The minimum atomic E-state index is -0.131. The van der Waals surface area contributed by atoms with Gasteiger partial charge in [0.25, 0.3) is 0 Å². The van der Waals surface area contributed by atoms with Gasteiger partial charge in [0.15, 0.2) is 0 Å². The van der Waals surface area contributed by atoms with Crippen LogP contribution in [-0.2, 0) is 4.79 Å². The van der Waals surface area contributed by atoms with E-state index in [0.717, 1.165) is 12.0 Å². The van der Waals surface area contributed by atoms with E-state index in [9.17, 15) is 4.79 Å². The molecule has 1 aromatic rings. The molecule has 3 heteroatoms. The van der Waals surface area contributed by atoms with E-state index < -0.39 is 0 Å². The summed E-state index contributed by atoms with van der Waals surface area (Å²) in [4.78, 5) is 14.2. The van der Waals surface area contributed by atoms with Crippen LogP contribution in [0, 0.1) is 5.92 Å². The highest BCUT2D eigenvalue weighted by atomic mass is 16.2. The van der Waals surface area contributed by atoms with Crippen LogP contribution in [0.1, 0.15) is 24.9 Å². The van der Waals surface area contributed by atoms with Crippen LogP contribution in [0.25, 0.3) is 0 Å². The van der Waals surface area contributed by atoms with Crippen LogP contribution in [0.2, 0.25) is 0 Å². The molecule has 2 aliphatic rings. The average Bonchev–Trinajstić information content (AvgIpc) is 2.89. The van der Waals surface area contributed by atoms with Crippen molar-refractivity contribution in [3.63, 3.8) is 0 Å². The lowest BCUT2D eigenvalue weighted by Crippen LogP contribution is -2.30. The molecule has 1 N–H and O–H groups in total. The molecule has 3 rings (SSSR count). The van der Waals surface area contributed by atoms with Crippen LogP contribution in [0.3, 0.4) is 0 Å². The van der Waals surface area contributed by atoms with E-state index in [-0.39, 0.29) is 11.9 Å². The summed E-state index contributed by atoms with van der Waals surface area (Å²) in [6.45, 7) is 2.90. The number of nitrogens with one attached hydrogen (secondary N) is 1.